The number of rotatable bonds is 8. The van der Waals surface area contributed by atoms with Crippen molar-refractivity contribution in [1.82, 2.24) is 10.3 Å². The van der Waals surface area contributed by atoms with E-state index in [9.17, 15) is 9.59 Å². The van der Waals surface area contributed by atoms with Crippen LogP contribution in [0, 0.1) is 0 Å². The van der Waals surface area contributed by atoms with E-state index < -0.39 is 0 Å². The number of hydrogen-bond donors (Lipinski definition) is 2. The van der Waals surface area contributed by atoms with Crippen LogP contribution < -0.4 is 10.6 Å². The fourth-order valence-corrected chi connectivity index (χ4v) is 2.27. The molecular formula is C19H23N3O3. The van der Waals surface area contributed by atoms with Gasteiger partial charge >= 0.3 is 5.97 Å². The van der Waals surface area contributed by atoms with Crippen LogP contribution in [-0.2, 0) is 4.74 Å². The van der Waals surface area contributed by atoms with E-state index in [1.807, 2.05) is 0 Å². The SMILES string of the molecule is CCCCCNC(=O)c1cc(Nc2ccc(C(=O)OC)cc2)ccn1. The summed E-state index contributed by atoms with van der Waals surface area (Å²) in [5.41, 5.74) is 2.40. The fraction of sp³-hybridized carbons (Fsp3) is 0.316. The molecule has 0 aliphatic heterocycles. The number of anilines is 2. The molecule has 2 N–H and O–H groups in total. The number of unbranched alkanes of at least 4 members (excludes halogenated alkanes) is 2. The molecule has 0 atom stereocenters. The molecule has 0 bridgehead atoms. The first-order chi connectivity index (χ1) is 12.1. The Labute approximate surface area is 147 Å². The number of hydrogen-bond acceptors (Lipinski definition) is 5. The summed E-state index contributed by atoms with van der Waals surface area (Å²) < 4.78 is 4.67. The summed E-state index contributed by atoms with van der Waals surface area (Å²) in [7, 11) is 1.35. The molecular weight excluding hydrogens is 318 g/mol. The molecule has 0 saturated carbocycles. The third-order valence-electron chi connectivity index (χ3n) is 3.65. The number of pyridine rings is 1. The van der Waals surface area contributed by atoms with E-state index >= 15 is 0 Å². The molecule has 1 aromatic carbocycles. The van der Waals surface area contributed by atoms with Gasteiger partial charge < -0.3 is 15.4 Å². The Kier molecular flexibility index (Phi) is 6.95. The lowest BCUT2D eigenvalue weighted by Crippen LogP contribution is -2.25. The lowest BCUT2D eigenvalue weighted by atomic mass is 10.2. The van der Waals surface area contributed by atoms with Gasteiger partial charge in [-0.05, 0) is 42.8 Å². The van der Waals surface area contributed by atoms with Gasteiger partial charge in [-0.15, -0.1) is 0 Å². The number of esters is 1. The number of benzene rings is 1. The molecule has 6 heteroatoms. The average molecular weight is 341 g/mol. The number of carbonyl (C=O) groups is 2. The second kappa shape index (κ2) is 9.42. The smallest absolute Gasteiger partial charge is 0.337 e. The van der Waals surface area contributed by atoms with Gasteiger partial charge in [-0.1, -0.05) is 19.8 Å². The molecule has 0 saturated heterocycles. The number of aromatic nitrogens is 1. The molecule has 0 spiro atoms. The molecule has 0 fully saturated rings. The van der Waals surface area contributed by atoms with Gasteiger partial charge in [-0.2, -0.15) is 0 Å². The maximum absolute atomic E-state index is 12.1. The second-order valence-electron chi connectivity index (χ2n) is 5.59. The highest BCUT2D eigenvalue weighted by atomic mass is 16.5. The molecule has 0 aliphatic carbocycles. The van der Waals surface area contributed by atoms with Crippen molar-refractivity contribution in [3.8, 4) is 0 Å². The van der Waals surface area contributed by atoms with E-state index in [1.54, 1.807) is 42.6 Å². The minimum Gasteiger partial charge on any atom is -0.465 e. The highest BCUT2D eigenvalue weighted by molar-refractivity contribution is 5.93. The molecule has 1 aromatic heterocycles. The van der Waals surface area contributed by atoms with Gasteiger partial charge in [0.05, 0.1) is 12.7 Å². The van der Waals surface area contributed by atoms with Crippen molar-refractivity contribution in [2.24, 2.45) is 0 Å². The maximum Gasteiger partial charge on any atom is 0.337 e. The van der Waals surface area contributed by atoms with Crippen LogP contribution in [0.5, 0.6) is 0 Å². The molecule has 132 valence electrons. The number of nitrogens with one attached hydrogen (secondary N) is 2. The maximum atomic E-state index is 12.1. The molecule has 2 rings (SSSR count). The summed E-state index contributed by atoms with van der Waals surface area (Å²) in [6.45, 7) is 2.78. The Bertz CT molecular complexity index is 714. The van der Waals surface area contributed by atoms with Crippen molar-refractivity contribution in [3.63, 3.8) is 0 Å². The van der Waals surface area contributed by atoms with Crippen molar-refractivity contribution in [3.05, 3.63) is 53.9 Å². The first kappa shape index (κ1) is 18.4. The molecule has 0 unspecified atom stereocenters. The van der Waals surface area contributed by atoms with Gasteiger partial charge in [-0.25, -0.2) is 4.79 Å². The summed E-state index contributed by atoms with van der Waals surface area (Å²) in [6, 6.07) is 10.4. The second-order valence-corrected chi connectivity index (χ2v) is 5.59. The zero-order chi connectivity index (χ0) is 18.1. The topological polar surface area (TPSA) is 80.3 Å². The highest BCUT2D eigenvalue weighted by Crippen LogP contribution is 2.17. The van der Waals surface area contributed by atoms with Gasteiger partial charge in [0.25, 0.3) is 5.91 Å². The minimum atomic E-state index is -0.377. The van der Waals surface area contributed by atoms with Crippen molar-refractivity contribution in [2.75, 3.05) is 19.0 Å². The minimum absolute atomic E-state index is 0.180. The lowest BCUT2D eigenvalue weighted by molar-refractivity contribution is 0.0600. The summed E-state index contributed by atoms with van der Waals surface area (Å²) in [5, 5.41) is 6.06. The number of methoxy groups -OCH3 is 1. The standard InChI is InChI=1S/C19H23N3O3/c1-3-4-5-11-21-18(23)17-13-16(10-12-20-17)22-15-8-6-14(7-9-15)19(24)25-2/h6-10,12-13H,3-5,11H2,1-2H3,(H,20,22)(H,21,23). The van der Waals surface area contributed by atoms with Crippen LogP contribution >= 0.6 is 0 Å². The summed E-state index contributed by atoms with van der Waals surface area (Å²) in [6.07, 6.45) is 4.76. The number of nitrogens with zero attached hydrogens (tertiary/aromatic N) is 1. The molecule has 1 amide bonds. The van der Waals surface area contributed by atoms with Crippen LogP contribution in [0.25, 0.3) is 0 Å². The van der Waals surface area contributed by atoms with Gasteiger partial charge in [0.2, 0.25) is 0 Å². The average Bonchev–Trinajstić information content (AvgIpc) is 2.65. The fourth-order valence-electron chi connectivity index (χ4n) is 2.27. The van der Waals surface area contributed by atoms with Crippen molar-refractivity contribution in [1.29, 1.82) is 0 Å². The Morgan fingerprint density at radius 3 is 2.52 bits per heavy atom. The predicted octanol–water partition coefficient (Wildman–Crippen LogP) is 3.53. The zero-order valence-corrected chi connectivity index (χ0v) is 14.5. The van der Waals surface area contributed by atoms with Crippen LogP contribution in [0.2, 0.25) is 0 Å². The molecule has 0 radical (unpaired) electrons. The van der Waals surface area contributed by atoms with E-state index in [4.69, 9.17) is 0 Å². The Morgan fingerprint density at radius 2 is 1.84 bits per heavy atom. The van der Waals surface area contributed by atoms with Crippen LogP contribution in [0.4, 0.5) is 11.4 Å². The van der Waals surface area contributed by atoms with E-state index in [2.05, 4.69) is 27.3 Å². The molecule has 2 aromatic rings. The number of ether oxygens (including phenoxy) is 1. The van der Waals surface area contributed by atoms with Gasteiger partial charge in [-0.3, -0.25) is 9.78 Å². The van der Waals surface area contributed by atoms with Gasteiger partial charge in [0.15, 0.2) is 0 Å². The molecule has 0 aliphatic rings. The van der Waals surface area contributed by atoms with E-state index in [-0.39, 0.29) is 11.9 Å². The normalized spacial score (nSPS) is 10.2. The largest absolute Gasteiger partial charge is 0.465 e. The lowest BCUT2D eigenvalue weighted by Gasteiger charge is -2.09. The summed E-state index contributed by atoms with van der Waals surface area (Å²) in [4.78, 5) is 27.7. The van der Waals surface area contributed by atoms with Crippen LogP contribution in [0.3, 0.4) is 0 Å². The quantitative estimate of drug-likeness (QED) is 0.567. The Hall–Kier alpha value is -2.89. The molecule has 25 heavy (non-hydrogen) atoms. The molecule has 6 nitrogen and oxygen atoms in total. The highest BCUT2D eigenvalue weighted by Gasteiger charge is 2.08. The van der Waals surface area contributed by atoms with Gasteiger partial charge in [0.1, 0.15) is 5.69 Å². The zero-order valence-electron chi connectivity index (χ0n) is 14.5. The third-order valence-corrected chi connectivity index (χ3v) is 3.65. The Balaban J connectivity index is 1.98. The van der Waals surface area contributed by atoms with Crippen LogP contribution in [-0.4, -0.2) is 30.5 Å². The third kappa shape index (κ3) is 5.60. The van der Waals surface area contributed by atoms with Crippen LogP contribution in [0.15, 0.2) is 42.6 Å². The first-order valence-electron chi connectivity index (χ1n) is 8.33. The number of amides is 1. The number of carbonyl (C=O) groups excluding carboxylic acids is 2. The molecule has 1 heterocycles. The van der Waals surface area contributed by atoms with Crippen molar-refractivity contribution < 1.29 is 14.3 Å². The van der Waals surface area contributed by atoms with Crippen LogP contribution in [0.1, 0.15) is 47.0 Å². The van der Waals surface area contributed by atoms with Crippen molar-refractivity contribution in [2.45, 2.75) is 26.2 Å². The first-order valence-corrected chi connectivity index (χ1v) is 8.33. The predicted molar refractivity (Wildman–Crippen MR) is 97.2 cm³/mol. The Morgan fingerprint density at radius 1 is 1.08 bits per heavy atom. The van der Waals surface area contributed by atoms with E-state index in [1.165, 1.54) is 7.11 Å². The van der Waals surface area contributed by atoms with E-state index in [0.717, 1.165) is 30.6 Å². The van der Waals surface area contributed by atoms with Crippen molar-refractivity contribution >= 4 is 23.3 Å². The summed E-state index contributed by atoms with van der Waals surface area (Å²) in [5.74, 6) is -0.557. The summed E-state index contributed by atoms with van der Waals surface area (Å²) >= 11 is 0. The monoisotopic (exact) mass is 341 g/mol. The van der Waals surface area contributed by atoms with Gasteiger partial charge in [0, 0.05) is 24.1 Å². The van der Waals surface area contributed by atoms with E-state index in [0.29, 0.717) is 17.8 Å².